The molecule has 0 bridgehead atoms. The highest BCUT2D eigenvalue weighted by molar-refractivity contribution is 7.99. The highest BCUT2D eigenvalue weighted by atomic mass is 32.2. The SMILES string of the molecule is Cn1c(C2CSc3ccccc32)nc2cc(C#N)ccc21. The van der Waals surface area contributed by atoms with Gasteiger partial charge in [-0.05, 0) is 29.8 Å². The van der Waals surface area contributed by atoms with Gasteiger partial charge in [-0.3, -0.25) is 0 Å². The summed E-state index contributed by atoms with van der Waals surface area (Å²) in [5, 5.41) is 9.03. The predicted octanol–water partition coefficient (Wildman–Crippen LogP) is 3.68. The van der Waals surface area contributed by atoms with Gasteiger partial charge in [-0.15, -0.1) is 11.8 Å². The largest absolute Gasteiger partial charge is 0.331 e. The van der Waals surface area contributed by atoms with Gasteiger partial charge in [0, 0.05) is 17.7 Å². The Bertz CT molecular complexity index is 889. The fourth-order valence-corrected chi connectivity index (χ4v) is 4.20. The molecule has 1 aromatic heterocycles. The number of rotatable bonds is 1. The van der Waals surface area contributed by atoms with E-state index in [9.17, 15) is 0 Å². The quantitative estimate of drug-likeness (QED) is 0.686. The fraction of sp³-hybridized carbons (Fsp3) is 0.176. The van der Waals surface area contributed by atoms with E-state index in [1.807, 2.05) is 30.0 Å². The molecule has 4 heteroatoms. The molecule has 1 atom stereocenters. The van der Waals surface area contributed by atoms with Gasteiger partial charge in [0.1, 0.15) is 5.82 Å². The van der Waals surface area contributed by atoms with Crippen LogP contribution in [0.25, 0.3) is 11.0 Å². The minimum atomic E-state index is 0.328. The maximum Gasteiger partial charge on any atom is 0.118 e. The molecule has 1 aliphatic heterocycles. The fourth-order valence-electron chi connectivity index (χ4n) is 2.98. The molecule has 21 heavy (non-hydrogen) atoms. The topological polar surface area (TPSA) is 41.6 Å². The van der Waals surface area contributed by atoms with Crippen LogP contribution in [0.4, 0.5) is 0 Å². The molecule has 0 N–H and O–H groups in total. The van der Waals surface area contributed by atoms with Gasteiger partial charge in [-0.1, -0.05) is 18.2 Å². The maximum atomic E-state index is 9.03. The molecule has 2 heterocycles. The van der Waals surface area contributed by atoms with Crippen LogP contribution in [0.5, 0.6) is 0 Å². The van der Waals surface area contributed by atoms with Crippen molar-refractivity contribution in [3.63, 3.8) is 0 Å². The maximum absolute atomic E-state index is 9.03. The third-order valence-electron chi connectivity index (χ3n) is 4.06. The number of fused-ring (bicyclic) bond motifs is 2. The van der Waals surface area contributed by atoms with Crippen LogP contribution in [0.3, 0.4) is 0 Å². The Kier molecular flexibility index (Phi) is 2.76. The van der Waals surface area contributed by atoms with Crippen molar-refractivity contribution in [3.05, 3.63) is 59.4 Å². The van der Waals surface area contributed by atoms with Gasteiger partial charge in [-0.2, -0.15) is 5.26 Å². The zero-order valence-electron chi connectivity index (χ0n) is 11.6. The Balaban J connectivity index is 1.89. The van der Waals surface area contributed by atoms with Crippen LogP contribution in [0, 0.1) is 11.3 Å². The number of imidazole rings is 1. The standard InChI is InChI=1S/C17H13N3S/c1-20-15-7-6-11(9-18)8-14(15)19-17(20)13-10-21-16-5-3-2-4-12(13)16/h2-8,13H,10H2,1H3. The second kappa shape index (κ2) is 4.64. The van der Waals surface area contributed by atoms with Crippen LogP contribution in [0.2, 0.25) is 0 Å². The third-order valence-corrected chi connectivity index (χ3v) is 5.24. The number of hydrogen-bond acceptors (Lipinski definition) is 3. The van der Waals surface area contributed by atoms with Crippen molar-refractivity contribution in [2.45, 2.75) is 10.8 Å². The van der Waals surface area contributed by atoms with Gasteiger partial charge in [0.15, 0.2) is 0 Å². The Labute approximate surface area is 127 Å². The van der Waals surface area contributed by atoms with Crippen LogP contribution < -0.4 is 0 Å². The first-order chi connectivity index (χ1) is 10.3. The van der Waals surface area contributed by atoms with Crippen LogP contribution in [0.1, 0.15) is 22.9 Å². The summed E-state index contributed by atoms with van der Waals surface area (Å²) in [5.74, 6) is 2.44. The summed E-state index contributed by atoms with van der Waals surface area (Å²) in [6, 6.07) is 16.4. The van der Waals surface area contributed by atoms with E-state index < -0.39 is 0 Å². The molecule has 102 valence electrons. The highest BCUT2D eigenvalue weighted by Gasteiger charge is 2.28. The first kappa shape index (κ1) is 12.5. The Morgan fingerprint density at radius 2 is 2.14 bits per heavy atom. The molecule has 4 rings (SSSR count). The lowest BCUT2D eigenvalue weighted by molar-refractivity contribution is 0.761. The van der Waals surface area contributed by atoms with E-state index >= 15 is 0 Å². The zero-order valence-corrected chi connectivity index (χ0v) is 12.4. The van der Waals surface area contributed by atoms with Crippen LogP contribution in [0.15, 0.2) is 47.4 Å². The molecule has 0 fully saturated rings. The molecule has 2 aromatic carbocycles. The van der Waals surface area contributed by atoms with Gasteiger partial charge in [0.25, 0.3) is 0 Å². The summed E-state index contributed by atoms with van der Waals surface area (Å²) in [4.78, 5) is 6.15. The van der Waals surface area contributed by atoms with E-state index in [2.05, 4.69) is 41.9 Å². The Hall–Kier alpha value is -2.25. The van der Waals surface area contributed by atoms with E-state index in [1.54, 1.807) is 0 Å². The van der Waals surface area contributed by atoms with Gasteiger partial charge in [0.05, 0.1) is 28.6 Å². The average Bonchev–Trinajstić information content (AvgIpc) is 3.08. The summed E-state index contributed by atoms with van der Waals surface area (Å²) in [6.45, 7) is 0. The molecule has 0 radical (unpaired) electrons. The minimum Gasteiger partial charge on any atom is -0.331 e. The molecule has 0 saturated carbocycles. The lowest BCUT2D eigenvalue weighted by Gasteiger charge is -2.10. The predicted molar refractivity (Wildman–Crippen MR) is 84.4 cm³/mol. The monoisotopic (exact) mass is 291 g/mol. The molecular formula is C17H13N3S. The average molecular weight is 291 g/mol. The van der Waals surface area contributed by atoms with E-state index in [-0.39, 0.29) is 0 Å². The number of thioether (sulfide) groups is 1. The molecule has 0 amide bonds. The summed E-state index contributed by atoms with van der Waals surface area (Å²) in [6.07, 6.45) is 0. The normalized spacial score (nSPS) is 16.9. The first-order valence-corrected chi connectivity index (χ1v) is 7.84. The number of nitrogens with zero attached hydrogens (tertiary/aromatic N) is 3. The zero-order chi connectivity index (χ0) is 14.4. The van der Waals surface area contributed by atoms with Crippen LogP contribution >= 0.6 is 11.8 Å². The summed E-state index contributed by atoms with van der Waals surface area (Å²) >= 11 is 1.89. The summed E-state index contributed by atoms with van der Waals surface area (Å²) in [7, 11) is 2.06. The highest BCUT2D eigenvalue weighted by Crippen LogP contribution is 2.42. The smallest absolute Gasteiger partial charge is 0.118 e. The van der Waals surface area contributed by atoms with Gasteiger partial charge in [0.2, 0.25) is 0 Å². The van der Waals surface area contributed by atoms with Gasteiger partial charge < -0.3 is 4.57 Å². The van der Waals surface area contributed by atoms with Crippen molar-refractivity contribution in [1.29, 1.82) is 5.26 Å². The van der Waals surface area contributed by atoms with Crippen molar-refractivity contribution in [2.24, 2.45) is 7.05 Å². The molecule has 0 saturated heterocycles. The molecule has 0 aliphatic carbocycles. The minimum absolute atomic E-state index is 0.328. The van der Waals surface area contributed by atoms with Crippen molar-refractivity contribution in [1.82, 2.24) is 9.55 Å². The van der Waals surface area contributed by atoms with E-state index in [0.717, 1.165) is 22.6 Å². The Morgan fingerprint density at radius 1 is 1.29 bits per heavy atom. The third kappa shape index (κ3) is 1.85. The number of nitriles is 1. The van der Waals surface area contributed by atoms with Crippen molar-refractivity contribution in [3.8, 4) is 6.07 Å². The molecule has 0 spiro atoms. The van der Waals surface area contributed by atoms with E-state index in [1.165, 1.54) is 10.5 Å². The first-order valence-electron chi connectivity index (χ1n) is 6.86. The van der Waals surface area contributed by atoms with Gasteiger partial charge in [-0.25, -0.2) is 4.98 Å². The second-order valence-electron chi connectivity index (χ2n) is 5.25. The van der Waals surface area contributed by atoms with Crippen LogP contribution in [-0.2, 0) is 7.05 Å². The van der Waals surface area contributed by atoms with Crippen molar-refractivity contribution >= 4 is 22.8 Å². The molecule has 3 nitrogen and oxygen atoms in total. The molecule has 1 unspecified atom stereocenters. The number of aryl methyl sites for hydroxylation is 1. The lowest BCUT2D eigenvalue weighted by atomic mass is 10.0. The summed E-state index contributed by atoms with van der Waals surface area (Å²) in [5.41, 5.74) is 4.01. The number of hydrogen-bond donors (Lipinski definition) is 0. The summed E-state index contributed by atoms with van der Waals surface area (Å²) < 4.78 is 2.16. The molecular weight excluding hydrogens is 278 g/mol. The van der Waals surface area contributed by atoms with Gasteiger partial charge >= 0.3 is 0 Å². The van der Waals surface area contributed by atoms with E-state index in [0.29, 0.717) is 11.5 Å². The Morgan fingerprint density at radius 3 is 3.00 bits per heavy atom. The van der Waals surface area contributed by atoms with Crippen molar-refractivity contribution < 1.29 is 0 Å². The number of aromatic nitrogens is 2. The second-order valence-corrected chi connectivity index (χ2v) is 6.31. The molecule has 3 aromatic rings. The van der Waals surface area contributed by atoms with Crippen molar-refractivity contribution in [2.75, 3.05) is 5.75 Å². The van der Waals surface area contributed by atoms with Crippen LogP contribution in [-0.4, -0.2) is 15.3 Å². The molecule has 1 aliphatic rings. The van der Waals surface area contributed by atoms with E-state index in [4.69, 9.17) is 10.2 Å². The number of benzene rings is 2. The lowest BCUT2D eigenvalue weighted by Crippen LogP contribution is -2.07.